The van der Waals surface area contributed by atoms with Gasteiger partial charge in [0.15, 0.2) is 0 Å². The number of hydrogen-bond donors (Lipinski definition) is 2. The maximum absolute atomic E-state index is 14.3. The first-order chi connectivity index (χ1) is 23.3. The van der Waals surface area contributed by atoms with E-state index in [9.17, 15) is 14.4 Å². The van der Waals surface area contributed by atoms with Gasteiger partial charge in [-0.25, -0.2) is 4.79 Å². The zero-order valence-corrected chi connectivity index (χ0v) is 28.8. The highest BCUT2D eigenvalue weighted by molar-refractivity contribution is 5.91. The third-order valence-corrected chi connectivity index (χ3v) is 11.8. The van der Waals surface area contributed by atoms with E-state index in [1.165, 1.54) is 25.9 Å². The van der Waals surface area contributed by atoms with Crippen LogP contribution in [0.5, 0.6) is 0 Å². The van der Waals surface area contributed by atoms with E-state index < -0.39 is 0 Å². The number of benzene rings is 2. The smallest absolute Gasteiger partial charge is 0.322 e. The zero-order valence-electron chi connectivity index (χ0n) is 28.8. The Morgan fingerprint density at radius 2 is 1.54 bits per heavy atom. The van der Waals surface area contributed by atoms with E-state index in [4.69, 9.17) is 0 Å². The Labute approximate surface area is 285 Å². The molecule has 2 aromatic carbocycles. The van der Waals surface area contributed by atoms with E-state index in [1.807, 2.05) is 34.2 Å². The second-order valence-corrected chi connectivity index (χ2v) is 14.9. The Bertz CT molecular complexity index is 1610. The van der Waals surface area contributed by atoms with E-state index in [0.29, 0.717) is 32.0 Å². The lowest BCUT2D eigenvalue weighted by atomic mass is 9.78. The van der Waals surface area contributed by atoms with Crippen LogP contribution in [-0.2, 0) is 22.4 Å². The number of likely N-dealkylation sites (tertiary alicyclic amines) is 3. The number of nitrogens with zero attached hydrogens (tertiary/aromatic N) is 4. The number of amides is 4. The molecule has 7 rings (SSSR count). The van der Waals surface area contributed by atoms with Crippen LogP contribution in [0.25, 0.3) is 10.9 Å². The molecular formula is C39H52N6O3. The lowest BCUT2D eigenvalue weighted by Gasteiger charge is -2.40. The number of aromatic nitrogens is 1. The lowest BCUT2D eigenvalue weighted by Crippen LogP contribution is -2.50. The number of urea groups is 1. The summed E-state index contributed by atoms with van der Waals surface area (Å²) in [4.78, 5) is 53.0. The number of carbonyl (C=O) groups is 3. The van der Waals surface area contributed by atoms with Crippen molar-refractivity contribution in [3.63, 3.8) is 0 Å². The number of H-pyrrole nitrogens is 1. The van der Waals surface area contributed by atoms with Gasteiger partial charge < -0.3 is 29.9 Å². The Morgan fingerprint density at radius 3 is 2.29 bits per heavy atom. The van der Waals surface area contributed by atoms with Gasteiger partial charge in [0, 0.05) is 62.6 Å². The average Bonchev–Trinajstić information content (AvgIpc) is 3.52. The molecule has 3 fully saturated rings. The van der Waals surface area contributed by atoms with Crippen molar-refractivity contribution >= 4 is 34.4 Å². The molecule has 9 nitrogen and oxygen atoms in total. The number of fused-ring (bicyclic) bond motifs is 2. The molecule has 0 spiro atoms. The van der Waals surface area contributed by atoms with Gasteiger partial charge in [0.25, 0.3) is 0 Å². The second-order valence-electron chi connectivity index (χ2n) is 14.9. The molecule has 1 atom stereocenters. The third-order valence-electron chi connectivity index (χ3n) is 11.8. The summed E-state index contributed by atoms with van der Waals surface area (Å²) < 4.78 is 0. The molecule has 48 heavy (non-hydrogen) atoms. The van der Waals surface area contributed by atoms with Gasteiger partial charge in [-0.3, -0.25) is 9.59 Å². The highest BCUT2D eigenvalue weighted by Crippen LogP contribution is 2.34. The molecule has 4 aliphatic rings. The Morgan fingerprint density at radius 1 is 0.854 bits per heavy atom. The van der Waals surface area contributed by atoms with Crippen LogP contribution in [0.4, 0.5) is 10.5 Å². The molecule has 0 aliphatic carbocycles. The van der Waals surface area contributed by atoms with Crippen LogP contribution >= 0.6 is 0 Å². The van der Waals surface area contributed by atoms with E-state index in [0.717, 1.165) is 84.4 Å². The summed E-state index contributed by atoms with van der Waals surface area (Å²) in [5, 5.41) is 4.24. The standard InChI is InChI=1S/C39H52N6O3/c1-27-23-28(24-32-7-15-40-37(27)32)25-33(38(47)44-18-10-30(11-19-44)29-8-16-42(2)17-9-29)26-36(46)43-20-13-34(14-21-43)45-22-12-31-5-3-4-6-35(31)41-39(45)48/h3-7,15,23-24,29-30,33-34,40H,8-14,16-22,25-26H2,1-2H3,(H,41,48). The number of aryl methyl sites for hydroxylation is 1. The van der Waals surface area contributed by atoms with E-state index in [1.54, 1.807) is 0 Å². The van der Waals surface area contributed by atoms with Gasteiger partial charge in [0.1, 0.15) is 0 Å². The molecule has 0 saturated carbocycles. The van der Waals surface area contributed by atoms with Crippen molar-refractivity contribution in [1.29, 1.82) is 0 Å². The van der Waals surface area contributed by atoms with Crippen molar-refractivity contribution < 1.29 is 14.4 Å². The number of anilines is 1. The molecular weight excluding hydrogens is 600 g/mol. The van der Waals surface area contributed by atoms with Gasteiger partial charge in [0.2, 0.25) is 11.8 Å². The Balaban J connectivity index is 0.996. The summed E-state index contributed by atoms with van der Waals surface area (Å²) in [6.45, 7) is 7.94. The van der Waals surface area contributed by atoms with Crippen molar-refractivity contribution in [2.75, 3.05) is 58.2 Å². The quantitative estimate of drug-likeness (QED) is 0.343. The van der Waals surface area contributed by atoms with Crippen LogP contribution in [0.2, 0.25) is 0 Å². The first kappa shape index (κ1) is 32.7. The maximum Gasteiger partial charge on any atom is 0.322 e. The van der Waals surface area contributed by atoms with Crippen molar-refractivity contribution in [2.45, 2.75) is 70.8 Å². The molecule has 1 unspecified atom stereocenters. The second kappa shape index (κ2) is 14.3. The summed E-state index contributed by atoms with van der Waals surface area (Å²) in [5.74, 6) is 1.27. The highest BCUT2D eigenvalue weighted by Gasteiger charge is 2.36. The first-order valence-corrected chi connectivity index (χ1v) is 18.3. The molecule has 0 radical (unpaired) electrons. The van der Waals surface area contributed by atoms with Gasteiger partial charge in [-0.05, 0) is 131 Å². The Kier molecular flexibility index (Phi) is 9.76. The average molecular weight is 653 g/mol. The summed E-state index contributed by atoms with van der Waals surface area (Å²) in [6.07, 6.45) is 9.73. The molecule has 5 heterocycles. The molecule has 1 aromatic heterocycles. The monoisotopic (exact) mass is 652 g/mol. The van der Waals surface area contributed by atoms with Crippen LogP contribution in [0.15, 0.2) is 48.7 Å². The van der Waals surface area contributed by atoms with Gasteiger partial charge in [0.05, 0.1) is 5.92 Å². The van der Waals surface area contributed by atoms with E-state index in [2.05, 4.69) is 58.3 Å². The Hall–Kier alpha value is -3.85. The minimum atomic E-state index is -0.388. The summed E-state index contributed by atoms with van der Waals surface area (Å²) in [6, 6.07) is 14.5. The fourth-order valence-electron chi connectivity index (χ4n) is 8.94. The van der Waals surface area contributed by atoms with Crippen molar-refractivity contribution in [1.82, 2.24) is 24.6 Å². The predicted octanol–water partition coefficient (Wildman–Crippen LogP) is 5.69. The fraction of sp³-hybridized carbons (Fsp3) is 0.564. The molecule has 2 N–H and O–H groups in total. The number of nitrogens with one attached hydrogen (secondary N) is 2. The van der Waals surface area contributed by atoms with Crippen molar-refractivity contribution in [2.24, 2.45) is 17.8 Å². The minimum Gasteiger partial charge on any atom is -0.361 e. The number of hydrogen-bond acceptors (Lipinski definition) is 4. The highest BCUT2D eigenvalue weighted by atomic mass is 16.2. The largest absolute Gasteiger partial charge is 0.361 e. The maximum atomic E-state index is 14.3. The normalized spacial score (nSPS) is 21.2. The minimum absolute atomic E-state index is 0.0512. The number of rotatable bonds is 7. The summed E-state index contributed by atoms with van der Waals surface area (Å²) in [5.41, 5.74) is 5.45. The topological polar surface area (TPSA) is 92.0 Å². The fourth-order valence-corrected chi connectivity index (χ4v) is 8.94. The van der Waals surface area contributed by atoms with E-state index >= 15 is 0 Å². The molecule has 256 valence electrons. The number of carbonyl (C=O) groups excluding carboxylic acids is 3. The SMILES string of the molecule is Cc1cc(CC(CC(=O)N2CCC(N3CCc4ccccc4NC3=O)CC2)C(=O)N2CCC(C3CCN(C)CC3)CC2)cc2cc[nH]c12. The van der Waals surface area contributed by atoms with Crippen LogP contribution < -0.4 is 5.32 Å². The molecule has 0 bridgehead atoms. The van der Waals surface area contributed by atoms with Crippen LogP contribution in [0, 0.1) is 24.7 Å². The lowest BCUT2D eigenvalue weighted by molar-refractivity contribution is -0.143. The third kappa shape index (κ3) is 7.12. The number of aromatic amines is 1. The summed E-state index contributed by atoms with van der Waals surface area (Å²) >= 11 is 0. The zero-order chi connectivity index (χ0) is 33.2. The molecule has 3 saturated heterocycles. The van der Waals surface area contributed by atoms with Gasteiger partial charge in [-0.2, -0.15) is 0 Å². The van der Waals surface area contributed by atoms with Gasteiger partial charge in [-0.1, -0.05) is 24.3 Å². The summed E-state index contributed by atoms with van der Waals surface area (Å²) in [7, 11) is 2.21. The van der Waals surface area contributed by atoms with Gasteiger partial charge in [-0.15, -0.1) is 0 Å². The molecule has 3 aromatic rings. The molecule has 9 heteroatoms. The van der Waals surface area contributed by atoms with Crippen LogP contribution in [0.1, 0.15) is 61.6 Å². The molecule has 4 aliphatic heterocycles. The first-order valence-electron chi connectivity index (χ1n) is 18.3. The predicted molar refractivity (Wildman–Crippen MR) is 190 cm³/mol. The van der Waals surface area contributed by atoms with Crippen LogP contribution in [0.3, 0.4) is 0 Å². The number of para-hydroxylation sites is 1. The molecule has 4 amide bonds. The van der Waals surface area contributed by atoms with Crippen molar-refractivity contribution in [3.05, 3.63) is 65.4 Å². The van der Waals surface area contributed by atoms with Crippen LogP contribution in [-0.4, -0.2) is 101 Å². The van der Waals surface area contributed by atoms with Crippen molar-refractivity contribution in [3.8, 4) is 0 Å². The van der Waals surface area contributed by atoms with E-state index in [-0.39, 0.29) is 36.2 Å². The van der Waals surface area contributed by atoms with Gasteiger partial charge >= 0.3 is 6.03 Å². The number of piperidine rings is 3.